The van der Waals surface area contributed by atoms with E-state index in [9.17, 15) is 14.9 Å². The summed E-state index contributed by atoms with van der Waals surface area (Å²) in [4.78, 5) is 33.1. The molecule has 0 aromatic carbocycles. The Morgan fingerprint density at radius 1 is 1.37 bits per heavy atom. The van der Waals surface area contributed by atoms with Crippen LogP contribution >= 0.6 is 11.3 Å². The van der Waals surface area contributed by atoms with Crippen molar-refractivity contribution in [1.29, 1.82) is 5.26 Å². The van der Waals surface area contributed by atoms with Crippen molar-refractivity contribution in [3.63, 3.8) is 0 Å². The van der Waals surface area contributed by atoms with Gasteiger partial charge in [-0.15, -0.1) is 11.3 Å². The Balaban J connectivity index is 1.57. The molecule has 7 heteroatoms. The number of thiophene rings is 1. The van der Waals surface area contributed by atoms with Gasteiger partial charge < -0.3 is 10.2 Å². The summed E-state index contributed by atoms with van der Waals surface area (Å²) >= 11 is 1.43. The molecule has 2 aromatic rings. The van der Waals surface area contributed by atoms with Crippen LogP contribution < -0.4 is 5.32 Å². The van der Waals surface area contributed by atoms with Crippen LogP contribution in [0, 0.1) is 16.7 Å². The molecule has 4 rings (SSSR count). The number of piperidine rings is 1. The molecule has 1 saturated carbocycles. The molecule has 2 fully saturated rings. The lowest BCUT2D eigenvalue weighted by molar-refractivity contribution is -0.144. The molecule has 2 aromatic heterocycles. The van der Waals surface area contributed by atoms with Gasteiger partial charge in [-0.3, -0.25) is 9.59 Å². The minimum absolute atomic E-state index is 0.00179. The molecule has 0 spiro atoms. The number of fused-ring (bicyclic) bond motifs is 1. The Bertz CT molecular complexity index is 933. The highest BCUT2D eigenvalue weighted by atomic mass is 32.1. The fourth-order valence-electron chi connectivity index (χ4n) is 4.22. The largest absolute Gasteiger partial charge is 0.354 e. The van der Waals surface area contributed by atoms with E-state index >= 15 is 0 Å². The van der Waals surface area contributed by atoms with Gasteiger partial charge >= 0.3 is 0 Å². The zero-order valence-electron chi connectivity index (χ0n) is 15.3. The maximum Gasteiger partial charge on any atom is 0.261 e. The molecule has 0 unspecified atom stereocenters. The summed E-state index contributed by atoms with van der Waals surface area (Å²) in [6.07, 6.45) is 5.68. The van der Waals surface area contributed by atoms with Gasteiger partial charge in [-0.05, 0) is 49.7 Å². The van der Waals surface area contributed by atoms with E-state index in [0.29, 0.717) is 25.9 Å². The van der Waals surface area contributed by atoms with Crippen LogP contribution in [0.15, 0.2) is 18.3 Å². The van der Waals surface area contributed by atoms with E-state index in [4.69, 9.17) is 0 Å². The van der Waals surface area contributed by atoms with Crippen molar-refractivity contribution in [3.8, 4) is 6.07 Å². The Labute approximate surface area is 162 Å². The second-order valence-corrected chi connectivity index (χ2v) is 8.39. The number of carbonyl (C=O) groups excluding carboxylic acids is 2. The summed E-state index contributed by atoms with van der Waals surface area (Å²) in [6, 6.07) is 6.18. The molecule has 2 aliphatic rings. The minimum Gasteiger partial charge on any atom is -0.354 e. The lowest BCUT2D eigenvalue weighted by Crippen LogP contribution is -2.49. The van der Waals surface area contributed by atoms with Gasteiger partial charge in [0.1, 0.15) is 10.2 Å². The molecular weight excluding hydrogens is 360 g/mol. The summed E-state index contributed by atoms with van der Waals surface area (Å²) in [5.41, 5.74) is 0.284. The van der Waals surface area contributed by atoms with E-state index in [1.54, 1.807) is 13.2 Å². The number of aromatic nitrogens is 1. The first kappa shape index (κ1) is 17.9. The van der Waals surface area contributed by atoms with E-state index in [-0.39, 0.29) is 17.7 Å². The maximum absolute atomic E-state index is 12.8. The van der Waals surface area contributed by atoms with Gasteiger partial charge in [0.05, 0.1) is 10.9 Å². The predicted molar refractivity (Wildman–Crippen MR) is 103 cm³/mol. The van der Waals surface area contributed by atoms with E-state index in [1.165, 1.54) is 11.3 Å². The fourth-order valence-corrected chi connectivity index (χ4v) is 5.39. The average molecular weight is 382 g/mol. The number of amides is 2. The Morgan fingerprint density at radius 3 is 2.70 bits per heavy atom. The fraction of sp³-hybridized carbons (Fsp3) is 0.500. The highest BCUT2D eigenvalue weighted by Crippen LogP contribution is 2.44. The van der Waals surface area contributed by atoms with Crippen molar-refractivity contribution in [1.82, 2.24) is 15.2 Å². The van der Waals surface area contributed by atoms with Crippen molar-refractivity contribution in [2.45, 2.75) is 38.0 Å². The smallest absolute Gasteiger partial charge is 0.261 e. The van der Waals surface area contributed by atoms with E-state index in [1.807, 2.05) is 17.0 Å². The summed E-state index contributed by atoms with van der Waals surface area (Å²) in [7, 11) is 1.64. The number of carbonyl (C=O) groups is 2. The minimum atomic E-state index is -0.779. The Kier molecular flexibility index (Phi) is 4.60. The Morgan fingerprint density at radius 2 is 2.11 bits per heavy atom. The van der Waals surface area contributed by atoms with Crippen LogP contribution in [0.25, 0.3) is 10.2 Å². The standard InChI is InChI=1S/C20H22N4O2S/c1-22-17(25)16-15(14-4-2-9-23-18(14)27-16)13-5-10-24(11-6-13)19(26)20(12-21)7-3-8-20/h2,4,9,13H,3,5-8,10-11H2,1H3,(H,22,25). The monoisotopic (exact) mass is 382 g/mol. The lowest BCUT2D eigenvalue weighted by Gasteiger charge is -2.41. The number of likely N-dealkylation sites (tertiary alicyclic amines) is 1. The number of rotatable bonds is 3. The maximum atomic E-state index is 12.8. The van der Waals surface area contributed by atoms with Gasteiger partial charge in [-0.25, -0.2) is 4.98 Å². The third-order valence-corrected chi connectivity index (χ3v) is 7.09. The number of nitrogens with one attached hydrogen (secondary N) is 1. The van der Waals surface area contributed by atoms with E-state index < -0.39 is 5.41 Å². The topological polar surface area (TPSA) is 86.1 Å². The van der Waals surface area contributed by atoms with Gasteiger partial charge in [0, 0.05) is 31.7 Å². The first-order chi connectivity index (χ1) is 13.1. The molecule has 1 aliphatic heterocycles. The molecule has 0 radical (unpaired) electrons. The first-order valence-corrected chi connectivity index (χ1v) is 10.2. The lowest BCUT2D eigenvalue weighted by atomic mass is 9.68. The highest BCUT2D eigenvalue weighted by molar-refractivity contribution is 7.20. The molecule has 6 nitrogen and oxygen atoms in total. The molecule has 27 heavy (non-hydrogen) atoms. The molecule has 0 bridgehead atoms. The second-order valence-electron chi connectivity index (χ2n) is 7.39. The molecular formula is C20H22N4O2S. The first-order valence-electron chi connectivity index (χ1n) is 9.40. The molecule has 1 N–H and O–H groups in total. The number of hydrogen-bond donors (Lipinski definition) is 1. The molecule has 3 heterocycles. The van der Waals surface area contributed by atoms with Crippen molar-refractivity contribution in [2.75, 3.05) is 20.1 Å². The summed E-state index contributed by atoms with van der Waals surface area (Å²) < 4.78 is 0. The molecule has 0 atom stereocenters. The van der Waals surface area contributed by atoms with Gasteiger partial charge in [-0.2, -0.15) is 5.26 Å². The summed E-state index contributed by atoms with van der Waals surface area (Å²) in [6.45, 7) is 1.27. The molecule has 140 valence electrons. The van der Waals surface area contributed by atoms with Gasteiger partial charge in [0.15, 0.2) is 0 Å². The quantitative estimate of drug-likeness (QED) is 0.884. The van der Waals surface area contributed by atoms with Crippen molar-refractivity contribution >= 4 is 33.4 Å². The summed E-state index contributed by atoms with van der Waals surface area (Å²) in [5.74, 6) is 0.140. The van der Waals surface area contributed by atoms with Crippen LogP contribution in [0.2, 0.25) is 0 Å². The van der Waals surface area contributed by atoms with Crippen LogP contribution in [0.1, 0.15) is 53.3 Å². The van der Waals surface area contributed by atoms with Gasteiger partial charge in [0.25, 0.3) is 5.91 Å². The predicted octanol–water partition coefficient (Wildman–Crippen LogP) is 3.06. The SMILES string of the molecule is CNC(=O)c1sc2ncccc2c1C1CCN(C(=O)C2(C#N)CCC2)CC1. The van der Waals surface area contributed by atoms with Gasteiger partial charge in [-0.1, -0.05) is 6.07 Å². The second kappa shape index (κ2) is 6.93. The van der Waals surface area contributed by atoms with Crippen LogP contribution in [0.4, 0.5) is 0 Å². The van der Waals surface area contributed by atoms with Crippen molar-refractivity contribution in [3.05, 3.63) is 28.8 Å². The highest BCUT2D eigenvalue weighted by Gasteiger charge is 2.47. The van der Waals surface area contributed by atoms with Crippen LogP contribution in [-0.4, -0.2) is 41.8 Å². The van der Waals surface area contributed by atoms with Crippen molar-refractivity contribution < 1.29 is 9.59 Å². The van der Waals surface area contributed by atoms with Gasteiger partial charge in [0.2, 0.25) is 5.91 Å². The summed E-state index contributed by atoms with van der Waals surface area (Å²) in [5, 5.41) is 13.2. The van der Waals surface area contributed by atoms with E-state index in [0.717, 1.165) is 39.9 Å². The van der Waals surface area contributed by atoms with Crippen molar-refractivity contribution in [2.24, 2.45) is 5.41 Å². The van der Waals surface area contributed by atoms with Crippen LogP contribution in [-0.2, 0) is 4.79 Å². The Hall–Kier alpha value is -2.46. The zero-order valence-corrected chi connectivity index (χ0v) is 16.1. The third kappa shape index (κ3) is 2.88. The van der Waals surface area contributed by atoms with Crippen LogP contribution in [0.5, 0.6) is 0 Å². The zero-order chi connectivity index (χ0) is 19.0. The molecule has 1 aliphatic carbocycles. The number of pyridine rings is 1. The number of nitrogens with zero attached hydrogens (tertiary/aromatic N) is 3. The normalized spacial score (nSPS) is 19.3. The van der Waals surface area contributed by atoms with Crippen LogP contribution in [0.3, 0.4) is 0 Å². The number of nitriles is 1. The average Bonchev–Trinajstić information content (AvgIpc) is 3.06. The third-order valence-electron chi connectivity index (χ3n) is 5.96. The number of hydrogen-bond acceptors (Lipinski definition) is 5. The molecule has 1 saturated heterocycles. The molecule has 2 amide bonds. The van der Waals surface area contributed by atoms with E-state index in [2.05, 4.69) is 16.4 Å².